The van der Waals surface area contributed by atoms with Gasteiger partial charge in [-0.1, -0.05) is 23.5 Å². The minimum Gasteiger partial charge on any atom is -0.298 e. The van der Waals surface area contributed by atoms with Gasteiger partial charge in [0.15, 0.2) is 5.13 Å². The standard InChI is InChI=1S/C17H16N2OS2/c1-10-4-5-11(2)15-14(10)18-17(22-15)19-16(20)12-6-8-13(21-3)9-7-12/h4-9H,1-3H3,(H,18,19,20). The predicted molar refractivity (Wildman–Crippen MR) is 95.3 cm³/mol. The molecular formula is C17H16N2OS2. The van der Waals surface area contributed by atoms with E-state index in [2.05, 4.69) is 29.4 Å². The van der Waals surface area contributed by atoms with Gasteiger partial charge in [-0.25, -0.2) is 4.98 Å². The highest BCUT2D eigenvalue weighted by molar-refractivity contribution is 7.98. The zero-order valence-corrected chi connectivity index (χ0v) is 14.3. The lowest BCUT2D eigenvalue weighted by molar-refractivity contribution is 0.102. The lowest BCUT2D eigenvalue weighted by Gasteiger charge is -2.02. The van der Waals surface area contributed by atoms with Gasteiger partial charge in [0.25, 0.3) is 5.91 Å². The van der Waals surface area contributed by atoms with Crippen LogP contribution < -0.4 is 5.32 Å². The Balaban J connectivity index is 1.87. The molecule has 3 aromatic rings. The van der Waals surface area contributed by atoms with E-state index >= 15 is 0 Å². The van der Waals surface area contributed by atoms with Crippen LogP contribution in [0.2, 0.25) is 0 Å². The number of nitrogens with zero attached hydrogens (tertiary/aromatic N) is 1. The van der Waals surface area contributed by atoms with Gasteiger partial charge in [0.05, 0.1) is 10.2 Å². The molecule has 3 nitrogen and oxygen atoms in total. The third-order valence-corrected chi connectivity index (χ3v) is 5.36. The lowest BCUT2D eigenvalue weighted by Crippen LogP contribution is -2.11. The first-order valence-corrected chi connectivity index (χ1v) is 8.95. The molecule has 1 aromatic heterocycles. The van der Waals surface area contributed by atoms with Crippen LogP contribution in [0.15, 0.2) is 41.3 Å². The molecule has 0 bridgehead atoms. The van der Waals surface area contributed by atoms with Crippen molar-refractivity contribution in [3.8, 4) is 0 Å². The van der Waals surface area contributed by atoms with Gasteiger partial charge in [-0.2, -0.15) is 0 Å². The third kappa shape index (κ3) is 2.87. The van der Waals surface area contributed by atoms with Gasteiger partial charge < -0.3 is 0 Å². The third-order valence-electron chi connectivity index (χ3n) is 3.51. The van der Waals surface area contributed by atoms with Crippen LogP contribution in [-0.2, 0) is 0 Å². The number of thiazole rings is 1. The van der Waals surface area contributed by atoms with Crippen molar-refractivity contribution < 1.29 is 4.79 Å². The number of carbonyl (C=O) groups excluding carboxylic acids is 1. The number of rotatable bonds is 3. The first kappa shape index (κ1) is 15.1. The molecule has 2 aromatic carbocycles. The monoisotopic (exact) mass is 328 g/mol. The van der Waals surface area contributed by atoms with Crippen molar-refractivity contribution in [2.45, 2.75) is 18.7 Å². The molecule has 0 aliphatic rings. The summed E-state index contributed by atoms with van der Waals surface area (Å²) in [6.45, 7) is 4.10. The molecule has 1 amide bonds. The number of benzene rings is 2. The second kappa shape index (κ2) is 6.10. The van der Waals surface area contributed by atoms with E-state index in [0.29, 0.717) is 10.7 Å². The van der Waals surface area contributed by atoms with Gasteiger partial charge in [-0.05, 0) is 55.5 Å². The molecule has 22 heavy (non-hydrogen) atoms. The van der Waals surface area contributed by atoms with Crippen molar-refractivity contribution >= 4 is 44.4 Å². The quantitative estimate of drug-likeness (QED) is 0.696. The van der Waals surface area contributed by atoms with Gasteiger partial charge in [-0.3, -0.25) is 10.1 Å². The van der Waals surface area contributed by atoms with Crippen molar-refractivity contribution in [2.75, 3.05) is 11.6 Å². The predicted octanol–water partition coefficient (Wildman–Crippen LogP) is 4.89. The average molecular weight is 328 g/mol. The highest BCUT2D eigenvalue weighted by Gasteiger charge is 2.12. The summed E-state index contributed by atoms with van der Waals surface area (Å²) in [5.74, 6) is -0.123. The smallest absolute Gasteiger partial charge is 0.257 e. The Labute approximate surface area is 137 Å². The second-order valence-electron chi connectivity index (χ2n) is 5.08. The van der Waals surface area contributed by atoms with Crippen LogP contribution in [0.4, 0.5) is 5.13 Å². The summed E-state index contributed by atoms with van der Waals surface area (Å²) in [6, 6.07) is 11.7. The van der Waals surface area contributed by atoms with Crippen molar-refractivity contribution in [3.63, 3.8) is 0 Å². The number of hydrogen-bond acceptors (Lipinski definition) is 4. The van der Waals surface area contributed by atoms with E-state index in [4.69, 9.17) is 0 Å². The van der Waals surface area contributed by atoms with Gasteiger partial charge in [0, 0.05) is 10.5 Å². The highest BCUT2D eigenvalue weighted by Crippen LogP contribution is 2.31. The van der Waals surface area contributed by atoms with Crippen molar-refractivity contribution in [3.05, 3.63) is 53.1 Å². The summed E-state index contributed by atoms with van der Waals surface area (Å²) in [4.78, 5) is 18.0. The van der Waals surface area contributed by atoms with Crippen molar-refractivity contribution in [1.82, 2.24) is 4.98 Å². The fourth-order valence-electron chi connectivity index (χ4n) is 2.22. The molecule has 1 N–H and O–H groups in total. The van der Waals surface area contributed by atoms with Crippen LogP contribution in [-0.4, -0.2) is 17.1 Å². The van der Waals surface area contributed by atoms with Gasteiger partial charge >= 0.3 is 0 Å². The zero-order chi connectivity index (χ0) is 15.7. The molecule has 5 heteroatoms. The summed E-state index contributed by atoms with van der Waals surface area (Å²) >= 11 is 3.18. The number of thioether (sulfide) groups is 1. The number of nitrogens with one attached hydrogen (secondary N) is 1. The van der Waals surface area contributed by atoms with Gasteiger partial charge in [0.1, 0.15) is 0 Å². The van der Waals surface area contributed by atoms with Crippen LogP contribution in [0.1, 0.15) is 21.5 Å². The number of fused-ring (bicyclic) bond motifs is 1. The van der Waals surface area contributed by atoms with Crippen LogP contribution >= 0.6 is 23.1 Å². The summed E-state index contributed by atoms with van der Waals surface area (Å²) in [5.41, 5.74) is 3.92. The van der Waals surface area contributed by atoms with Crippen LogP contribution in [0.25, 0.3) is 10.2 Å². The fourth-order valence-corrected chi connectivity index (χ4v) is 3.64. The van der Waals surface area contributed by atoms with Crippen LogP contribution in [0, 0.1) is 13.8 Å². The van der Waals surface area contributed by atoms with E-state index < -0.39 is 0 Å². The molecule has 0 radical (unpaired) electrons. The Morgan fingerprint density at radius 3 is 2.41 bits per heavy atom. The van der Waals surface area contributed by atoms with Crippen LogP contribution in [0.5, 0.6) is 0 Å². The van der Waals surface area contributed by atoms with Crippen molar-refractivity contribution in [2.24, 2.45) is 0 Å². The topological polar surface area (TPSA) is 42.0 Å². The van der Waals surface area contributed by atoms with E-state index in [1.807, 2.05) is 37.4 Å². The average Bonchev–Trinajstić information content (AvgIpc) is 2.96. The molecule has 0 aliphatic heterocycles. The lowest BCUT2D eigenvalue weighted by atomic mass is 10.1. The molecule has 0 fully saturated rings. The van der Waals surface area contributed by atoms with Crippen LogP contribution in [0.3, 0.4) is 0 Å². The minimum absolute atomic E-state index is 0.123. The number of aryl methyl sites for hydroxylation is 2. The van der Waals surface area contributed by atoms with E-state index in [1.165, 1.54) is 16.9 Å². The molecule has 0 spiro atoms. The number of anilines is 1. The Morgan fingerprint density at radius 1 is 1.09 bits per heavy atom. The second-order valence-corrected chi connectivity index (χ2v) is 6.96. The Kier molecular flexibility index (Phi) is 4.18. The minimum atomic E-state index is -0.123. The molecule has 0 saturated carbocycles. The molecule has 0 atom stereocenters. The maximum Gasteiger partial charge on any atom is 0.257 e. The van der Waals surface area contributed by atoms with E-state index in [0.717, 1.165) is 20.7 Å². The summed E-state index contributed by atoms with van der Waals surface area (Å²) in [7, 11) is 0. The first-order chi connectivity index (χ1) is 10.6. The number of amides is 1. The first-order valence-electron chi connectivity index (χ1n) is 6.90. The number of hydrogen-bond donors (Lipinski definition) is 1. The molecular weight excluding hydrogens is 312 g/mol. The normalized spacial score (nSPS) is 10.9. The Bertz CT molecular complexity index is 799. The van der Waals surface area contributed by atoms with E-state index in [9.17, 15) is 4.79 Å². The van der Waals surface area contributed by atoms with E-state index in [-0.39, 0.29) is 5.91 Å². The molecule has 0 aliphatic carbocycles. The van der Waals surface area contributed by atoms with Crippen molar-refractivity contribution in [1.29, 1.82) is 0 Å². The SMILES string of the molecule is CSc1ccc(C(=O)Nc2nc3c(C)ccc(C)c3s2)cc1. The summed E-state index contributed by atoms with van der Waals surface area (Å²) in [6.07, 6.45) is 2.01. The van der Waals surface area contributed by atoms with Gasteiger partial charge in [0.2, 0.25) is 0 Å². The Hall–Kier alpha value is -1.85. The maximum atomic E-state index is 12.3. The molecule has 3 rings (SSSR count). The zero-order valence-electron chi connectivity index (χ0n) is 12.6. The molecule has 1 heterocycles. The fraction of sp³-hybridized carbons (Fsp3) is 0.176. The summed E-state index contributed by atoms with van der Waals surface area (Å²) in [5, 5.41) is 3.55. The van der Waals surface area contributed by atoms with E-state index in [1.54, 1.807) is 11.8 Å². The number of aromatic nitrogens is 1. The number of carbonyl (C=O) groups is 1. The Morgan fingerprint density at radius 2 is 1.77 bits per heavy atom. The highest BCUT2D eigenvalue weighted by atomic mass is 32.2. The molecule has 112 valence electrons. The molecule has 0 saturated heterocycles. The largest absolute Gasteiger partial charge is 0.298 e. The van der Waals surface area contributed by atoms with Gasteiger partial charge in [-0.15, -0.1) is 11.8 Å². The molecule has 0 unspecified atom stereocenters. The summed E-state index contributed by atoms with van der Waals surface area (Å²) < 4.78 is 1.13. The maximum absolute atomic E-state index is 12.3.